The lowest BCUT2D eigenvalue weighted by Crippen LogP contribution is -2.24. The van der Waals surface area contributed by atoms with Crippen molar-refractivity contribution in [2.75, 3.05) is 0 Å². The molecule has 0 rings (SSSR count). The molecule has 0 aliphatic rings. The van der Waals surface area contributed by atoms with Crippen LogP contribution in [0.1, 0.15) is 45.4 Å². The van der Waals surface area contributed by atoms with Gasteiger partial charge in [-0.15, -0.1) is 0 Å². The first kappa shape index (κ1) is 12.6. The minimum Gasteiger partial charge on any atom is -0.370 e. The van der Waals surface area contributed by atoms with Gasteiger partial charge in [-0.1, -0.05) is 39.0 Å². The highest BCUT2D eigenvalue weighted by molar-refractivity contribution is 7.80. The van der Waals surface area contributed by atoms with Gasteiger partial charge in [-0.3, -0.25) is 0 Å². The number of nitrogens with two attached hydrogens (primary N) is 2. The first-order valence-corrected chi connectivity index (χ1v) is 5.45. The highest BCUT2D eigenvalue weighted by Gasteiger charge is 1.99. The zero-order valence-electron chi connectivity index (χ0n) is 8.37. The van der Waals surface area contributed by atoms with Crippen LogP contribution in [0, 0.1) is 0 Å². The molecular weight excluding hydrogens is 182 g/mol. The number of aliphatic imine (C=N–C) groups is 1. The van der Waals surface area contributed by atoms with Crippen LogP contribution in [-0.2, 0) is 0 Å². The molecule has 0 fully saturated rings. The Balaban J connectivity index is 3.27. The fraction of sp³-hybridized carbons (Fsp3) is 0.889. The Morgan fingerprint density at radius 3 is 2.38 bits per heavy atom. The summed E-state index contributed by atoms with van der Waals surface area (Å²) in [5.41, 5.74) is 10.4. The molecule has 1 unspecified atom stereocenters. The fourth-order valence-electron chi connectivity index (χ4n) is 1.17. The fourth-order valence-corrected chi connectivity index (χ4v) is 1.48. The molecule has 4 N–H and O–H groups in total. The Morgan fingerprint density at radius 2 is 1.85 bits per heavy atom. The zero-order chi connectivity index (χ0) is 10.1. The van der Waals surface area contributed by atoms with Gasteiger partial charge in [0, 0.05) is 0 Å². The second kappa shape index (κ2) is 8.23. The van der Waals surface area contributed by atoms with Crippen LogP contribution >= 0.6 is 12.6 Å². The lowest BCUT2D eigenvalue weighted by molar-refractivity contribution is 0.603. The van der Waals surface area contributed by atoms with Crippen LogP contribution in [0.3, 0.4) is 0 Å². The van der Waals surface area contributed by atoms with E-state index in [-0.39, 0.29) is 11.3 Å². The van der Waals surface area contributed by atoms with Crippen molar-refractivity contribution in [3.63, 3.8) is 0 Å². The molecule has 4 heteroatoms. The van der Waals surface area contributed by atoms with Gasteiger partial charge in [-0.2, -0.15) is 12.6 Å². The van der Waals surface area contributed by atoms with E-state index in [0.29, 0.717) is 0 Å². The molecule has 13 heavy (non-hydrogen) atoms. The van der Waals surface area contributed by atoms with Gasteiger partial charge >= 0.3 is 0 Å². The van der Waals surface area contributed by atoms with E-state index in [0.717, 1.165) is 12.8 Å². The largest absolute Gasteiger partial charge is 0.370 e. The molecule has 1 atom stereocenters. The van der Waals surface area contributed by atoms with Gasteiger partial charge in [0.05, 0.1) is 5.37 Å². The summed E-state index contributed by atoms with van der Waals surface area (Å²) in [4.78, 5) is 3.93. The Morgan fingerprint density at radius 1 is 1.23 bits per heavy atom. The number of hydrogen-bond acceptors (Lipinski definition) is 2. The molecule has 0 aliphatic heterocycles. The molecule has 0 bridgehead atoms. The molecule has 0 spiro atoms. The van der Waals surface area contributed by atoms with Crippen molar-refractivity contribution in [2.24, 2.45) is 16.5 Å². The van der Waals surface area contributed by atoms with Crippen molar-refractivity contribution < 1.29 is 0 Å². The van der Waals surface area contributed by atoms with Gasteiger partial charge in [-0.05, 0) is 6.42 Å². The van der Waals surface area contributed by atoms with Crippen LogP contribution in [0.25, 0.3) is 0 Å². The number of thiol groups is 1. The van der Waals surface area contributed by atoms with Crippen LogP contribution in [0.5, 0.6) is 0 Å². The molecule has 0 aliphatic carbocycles. The molecule has 0 radical (unpaired) electrons. The molecule has 0 heterocycles. The van der Waals surface area contributed by atoms with Gasteiger partial charge in [-0.25, -0.2) is 4.99 Å². The number of guanidine groups is 1. The third-order valence-corrected chi connectivity index (χ3v) is 2.24. The van der Waals surface area contributed by atoms with E-state index < -0.39 is 0 Å². The van der Waals surface area contributed by atoms with Crippen molar-refractivity contribution in [3.05, 3.63) is 0 Å². The van der Waals surface area contributed by atoms with E-state index in [1.807, 2.05) is 0 Å². The monoisotopic (exact) mass is 203 g/mol. The van der Waals surface area contributed by atoms with Crippen LogP contribution in [0.4, 0.5) is 0 Å². The highest BCUT2D eigenvalue weighted by Crippen LogP contribution is 2.11. The predicted octanol–water partition coefficient (Wildman–Crippen LogP) is 1.88. The van der Waals surface area contributed by atoms with Crippen LogP contribution in [-0.4, -0.2) is 11.3 Å². The normalized spacial score (nSPS) is 12.5. The predicted molar refractivity (Wildman–Crippen MR) is 62.0 cm³/mol. The zero-order valence-corrected chi connectivity index (χ0v) is 9.26. The topological polar surface area (TPSA) is 64.4 Å². The SMILES string of the molecule is CCCCCCCC(S)N=C(N)N. The summed E-state index contributed by atoms with van der Waals surface area (Å²) in [5.74, 6) is 0.133. The van der Waals surface area contributed by atoms with Gasteiger partial charge in [0.1, 0.15) is 0 Å². The lowest BCUT2D eigenvalue weighted by atomic mass is 10.1. The third kappa shape index (κ3) is 9.53. The minimum atomic E-state index is -0.0216. The number of unbranched alkanes of at least 4 members (excludes halogenated alkanes) is 4. The third-order valence-electron chi connectivity index (χ3n) is 1.86. The molecule has 0 saturated carbocycles. The maximum Gasteiger partial charge on any atom is 0.187 e. The smallest absolute Gasteiger partial charge is 0.187 e. The molecule has 0 saturated heterocycles. The van der Waals surface area contributed by atoms with Gasteiger partial charge in [0.2, 0.25) is 0 Å². The summed E-state index contributed by atoms with van der Waals surface area (Å²) in [6.07, 6.45) is 7.27. The molecule has 3 nitrogen and oxygen atoms in total. The van der Waals surface area contributed by atoms with E-state index in [1.165, 1.54) is 25.7 Å². The molecule has 78 valence electrons. The quantitative estimate of drug-likeness (QED) is 0.256. The summed E-state index contributed by atoms with van der Waals surface area (Å²) in [6, 6.07) is 0. The molecule has 0 aromatic rings. The lowest BCUT2D eigenvalue weighted by Gasteiger charge is -2.05. The average Bonchev–Trinajstić information content (AvgIpc) is 2.02. The first-order chi connectivity index (χ1) is 6.16. The van der Waals surface area contributed by atoms with Crippen molar-refractivity contribution in [1.82, 2.24) is 0 Å². The van der Waals surface area contributed by atoms with E-state index in [1.54, 1.807) is 0 Å². The second-order valence-electron chi connectivity index (χ2n) is 3.24. The number of hydrogen-bond donors (Lipinski definition) is 3. The Labute approximate surface area is 86.4 Å². The summed E-state index contributed by atoms with van der Waals surface area (Å²) in [6.45, 7) is 2.21. The van der Waals surface area contributed by atoms with E-state index in [4.69, 9.17) is 11.5 Å². The van der Waals surface area contributed by atoms with E-state index in [2.05, 4.69) is 24.5 Å². The number of nitrogens with zero attached hydrogens (tertiary/aromatic N) is 1. The minimum absolute atomic E-state index is 0.0216. The summed E-state index contributed by atoms with van der Waals surface area (Å²) in [7, 11) is 0. The van der Waals surface area contributed by atoms with E-state index >= 15 is 0 Å². The molecular formula is C9H21N3S. The molecule has 0 amide bonds. The Hall–Kier alpha value is -0.380. The average molecular weight is 203 g/mol. The standard InChI is InChI=1S/C9H21N3S/c1-2-3-4-5-6-7-8(13)12-9(10)11/h8,13H,2-7H2,1H3,(H4,10,11,12). The van der Waals surface area contributed by atoms with Crippen molar-refractivity contribution in [1.29, 1.82) is 0 Å². The van der Waals surface area contributed by atoms with Gasteiger partial charge in [0.15, 0.2) is 5.96 Å². The van der Waals surface area contributed by atoms with Crippen LogP contribution < -0.4 is 11.5 Å². The van der Waals surface area contributed by atoms with Crippen LogP contribution in [0.15, 0.2) is 4.99 Å². The Kier molecular flexibility index (Phi) is 7.99. The Bertz CT molecular complexity index is 144. The molecule has 0 aromatic carbocycles. The van der Waals surface area contributed by atoms with Crippen molar-refractivity contribution in [2.45, 2.75) is 50.8 Å². The number of rotatable bonds is 7. The van der Waals surface area contributed by atoms with Gasteiger partial charge < -0.3 is 11.5 Å². The van der Waals surface area contributed by atoms with Gasteiger partial charge in [0.25, 0.3) is 0 Å². The summed E-state index contributed by atoms with van der Waals surface area (Å²) in [5, 5.41) is -0.0216. The summed E-state index contributed by atoms with van der Waals surface area (Å²) < 4.78 is 0. The van der Waals surface area contributed by atoms with E-state index in [9.17, 15) is 0 Å². The van der Waals surface area contributed by atoms with Crippen molar-refractivity contribution >= 4 is 18.6 Å². The maximum atomic E-state index is 5.22. The molecule has 0 aromatic heterocycles. The second-order valence-corrected chi connectivity index (χ2v) is 3.83. The van der Waals surface area contributed by atoms with Crippen molar-refractivity contribution in [3.8, 4) is 0 Å². The maximum absolute atomic E-state index is 5.22. The highest BCUT2D eigenvalue weighted by atomic mass is 32.1. The van der Waals surface area contributed by atoms with Crippen LogP contribution in [0.2, 0.25) is 0 Å². The first-order valence-electron chi connectivity index (χ1n) is 4.93. The summed E-state index contributed by atoms with van der Waals surface area (Å²) >= 11 is 4.25.